The van der Waals surface area contributed by atoms with Crippen molar-refractivity contribution < 1.29 is 31.9 Å². The van der Waals surface area contributed by atoms with E-state index >= 15 is 0 Å². The first-order valence-electron chi connectivity index (χ1n) is 7.88. The van der Waals surface area contributed by atoms with E-state index in [0.29, 0.717) is 17.6 Å². The molecule has 29 heavy (non-hydrogen) atoms. The van der Waals surface area contributed by atoms with Gasteiger partial charge in [-0.3, -0.25) is 4.79 Å². The minimum absolute atomic E-state index is 0.273. The van der Waals surface area contributed by atoms with Gasteiger partial charge < -0.3 is 14.5 Å². The summed E-state index contributed by atoms with van der Waals surface area (Å²) in [4.78, 5) is 39.2. The summed E-state index contributed by atoms with van der Waals surface area (Å²) in [5, 5.41) is 2.14. The summed E-state index contributed by atoms with van der Waals surface area (Å²) in [6.07, 6.45) is -4.15. The molecule has 0 spiro atoms. The number of anilines is 1. The van der Waals surface area contributed by atoms with Gasteiger partial charge in [0.1, 0.15) is 11.1 Å². The van der Waals surface area contributed by atoms with E-state index in [9.17, 15) is 27.6 Å². The molecule has 150 valence electrons. The number of para-hydroxylation sites is 1. The molecule has 0 unspecified atom stereocenters. The maximum Gasteiger partial charge on any atom is 0.417 e. The lowest BCUT2D eigenvalue weighted by Crippen LogP contribution is -2.24. The number of alkyl halides is 3. The first kappa shape index (κ1) is 20.3. The molecular formula is C18H10ClF3N2O5. The van der Waals surface area contributed by atoms with Crippen molar-refractivity contribution in [1.29, 1.82) is 0 Å². The third kappa shape index (κ3) is 4.72. The van der Waals surface area contributed by atoms with Crippen molar-refractivity contribution in [1.82, 2.24) is 4.98 Å². The van der Waals surface area contributed by atoms with Crippen molar-refractivity contribution in [2.45, 2.75) is 6.18 Å². The van der Waals surface area contributed by atoms with Gasteiger partial charge in [-0.05, 0) is 18.2 Å². The van der Waals surface area contributed by atoms with Gasteiger partial charge >= 0.3 is 17.8 Å². The van der Waals surface area contributed by atoms with Crippen LogP contribution in [-0.2, 0) is 15.7 Å². The predicted molar refractivity (Wildman–Crippen MR) is 95.6 cm³/mol. The molecule has 2 heterocycles. The Labute approximate surface area is 165 Å². The zero-order chi connectivity index (χ0) is 21.2. The molecule has 0 saturated heterocycles. The molecule has 2 aromatic heterocycles. The summed E-state index contributed by atoms with van der Waals surface area (Å²) in [6, 6.07) is 8.33. The maximum atomic E-state index is 12.6. The molecule has 7 nitrogen and oxygen atoms in total. The lowest BCUT2D eigenvalue weighted by molar-refractivity contribution is -0.137. The Kier molecular flexibility index (Phi) is 5.55. The number of carbonyl (C=O) groups excluding carboxylic acids is 2. The Morgan fingerprint density at radius 1 is 1.21 bits per heavy atom. The zero-order valence-electron chi connectivity index (χ0n) is 14.2. The van der Waals surface area contributed by atoms with E-state index in [4.69, 9.17) is 20.8 Å². The second kappa shape index (κ2) is 7.92. The van der Waals surface area contributed by atoms with Crippen LogP contribution in [0.15, 0.2) is 51.8 Å². The normalized spacial score (nSPS) is 11.3. The molecule has 0 fully saturated rings. The van der Waals surface area contributed by atoms with Crippen LogP contribution in [0.25, 0.3) is 11.0 Å². The fourth-order valence-corrected chi connectivity index (χ4v) is 2.48. The number of rotatable bonds is 4. The topological polar surface area (TPSA) is 98.5 Å². The largest absolute Gasteiger partial charge is 0.452 e. The SMILES string of the molecule is O=C(COC(=O)c1cc2ccccc2oc1=O)Nc1ncc(C(F)(F)F)cc1Cl. The number of pyridine rings is 1. The number of hydrogen-bond donors (Lipinski definition) is 1. The lowest BCUT2D eigenvalue weighted by atomic mass is 10.2. The minimum Gasteiger partial charge on any atom is -0.452 e. The Balaban J connectivity index is 1.66. The van der Waals surface area contributed by atoms with Gasteiger partial charge in [0, 0.05) is 11.6 Å². The van der Waals surface area contributed by atoms with E-state index in [1.807, 2.05) is 0 Å². The quantitative estimate of drug-likeness (QED) is 0.505. The van der Waals surface area contributed by atoms with Crippen LogP contribution in [0, 0.1) is 0 Å². The van der Waals surface area contributed by atoms with Gasteiger partial charge in [-0.2, -0.15) is 13.2 Å². The Morgan fingerprint density at radius 3 is 2.62 bits per heavy atom. The van der Waals surface area contributed by atoms with Gasteiger partial charge in [0.15, 0.2) is 12.4 Å². The molecule has 0 saturated carbocycles. The second-order valence-electron chi connectivity index (χ2n) is 5.66. The van der Waals surface area contributed by atoms with E-state index < -0.39 is 46.4 Å². The highest BCUT2D eigenvalue weighted by Gasteiger charge is 2.31. The summed E-state index contributed by atoms with van der Waals surface area (Å²) < 4.78 is 47.5. The number of aromatic nitrogens is 1. The summed E-state index contributed by atoms with van der Waals surface area (Å²) in [6.45, 7) is -0.829. The fourth-order valence-electron chi connectivity index (χ4n) is 2.27. The molecule has 0 aliphatic carbocycles. The molecule has 0 aliphatic rings. The van der Waals surface area contributed by atoms with Crippen LogP contribution < -0.4 is 10.9 Å². The van der Waals surface area contributed by atoms with Crippen LogP contribution in [0.4, 0.5) is 19.0 Å². The van der Waals surface area contributed by atoms with Gasteiger partial charge in [-0.15, -0.1) is 0 Å². The average molecular weight is 427 g/mol. The molecular weight excluding hydrogens is 417 g/mol. The number of halogens is 4. The van der Waals surface area contributed by atoms with Gasteiger partial charge in [-0.1, -0.05) is 29.8 Å². The molecule has 1 aromatic carbocycles. The van der Waals surface area contributed by atoms with E-state index in [1.54, 1.807) is 24.3 Å². The molecule has 3 aromatic rings. The van der Waals surface area contributed by atoms with Crippen molar-refractivity contribution in [2.75, 3.05) is 11.9 Å². The maximum absolute atomic E-state index is 12.6. The molecule has 1 N–H and O–H groups in total. The first-order chi connectivity index (χ1) is 13.6. The molecule has 0 aliphatic heterocycles. The Bertz CT molecular complexity index is 1160. The monoisotopic (exact) mass is 426 g/mol. The van der Waals surface area contributed by atoms with Crippen molar-refractivity contribution in [3.05, 3.63) is 69.2 Å². The molecule has 0 atom stereocenters. The number of benzene rings is 1. The smallest absolute Gasteiger partial charge is 0.417 e. The van der Waals surface area contributed by atoms with E-state index in [0.717, 1.165) is 0 Å². The number of fused-ring (bicyclic) bond motifs is 1. The number of hydrogen-bond acceptors (Lipinski definition) is 6. The summed E-state index contributed by atoms with van der Waals surface area (Å²) in [5.41, 5.74) is -2.17. The number of esters is 1. The van der Waals surface area contributed by atoms with Crippen molar-refractivity contribution in [3.63, 3.8) is 0 Å². The third-order valence-corrected chi connectivity index (χ3v) is 3.91. The summed E-state index contributed by atoms with van der Waals surface area (Å²) in [5.74, 6) is -2.37. The van der Waals surface area contributed by atoms with Gasteiger partial charge in [0.25, 0.3) is 5.91 Å². The number of ether oxygens (including phenoxy) is 1. The lowest BCUT2D eigenvalue weighted by Gasteiger charge is -2.10. The van der Waals surface area contributed by atoms with Crippen molar-refractivity contribution in [2.24, 2.45) is 0 Å². The number of carbonyl (C=O) groups is 2. The highest BCUT2D eigenvalue weighted by molar-refractivity contribution is 6.33. The van der Waals surface area contributed by atoms with Crippen molar-refractivity contribution >= 4 is 40.3 Å². The van der Waals surface area contributed by atoms with Crippen LogP contribution in [0.2, 0.25) is 5.02 Å². The molecule has 1 amide bonds. The first-order valence-corrected chi connectivity index (χ1v) is 8.25. The van der Waals surface area contributed by atoms with Gasteiger partial charge in [0.05, 0.1) is 10.6 Å². The molecule has 11 heteroatoms. The standard InChI is InChI=1S/C18H10ClF3N2O5/c19-12-6-10(18(20,21)22)7-23-15(12)24-14(25)8-28-16(26)11-5-9-3-1-2-4-13(9)29-17(11)27/h1-7H,8H2,(H,23,24,25). The zero-order valence-corrected chi connectivity index (χ0v) is 15.0. The van der Waals surface area contributed by atoms with E-state index in [1.165, 1.54) is 6.07 Å². The van der Waals surface area contributed by atoms with Crippen LogP contribution in [0.5, 0.6) is 0 Å². The highest BCUT2D eigenvalue weighted by atomic mass is 35.5. The van der Waals surface area contributed by atoms with E-state index in [-0.39, 0.29) is 11.4 Å². The molecule has 3 rings (SSSR count). The second-order valence-corrected chi connectivity index (χ2v) is 6.07. The number of nitrogens with one attached hydrogen (secondary N) is 1. The number of nitrogens with zero attached hydrogens (tertiary/aromatic N) is 1. The Morgan fingerprint density at radius 2 is 1.93 bits per heavy atom. The average Bonchev–Trinajstić information content (AvgIpc) is 2.66. The summed E-state index contributed by atoms with van der Waals surface area (Å²) >= 11 is 5.68. The van der Waals surface area contributed by atoms with E-state index in [2.05, 4.69) is 10.3 Å². The van der Waals surface area contributed by atoms with Crippen LogP contribution in [-0.4, -0.2) is 23.5 Å². The van der Waals surface area contributed by atoms with Crippen molar-refractivity contribution in [3.8, 4) is 0 Å². The minimum atomic E-state index is -4.64. The molecule has 0 radical (unpaired) electrons. The van der Waals surface area contributed by atoms with Crippen LogP contribution in [0.3, 0.4) is 0 Å². The third-order valence-electron chi connectivity index (χ3n) is 3.62. The molecule has 0 bridgehead atoms. The van der Waals surface area contributed by atoms with Crippen LogP contribution in [0.1, 0.15) is 15.9 Å². The van der Waals surface area contributed by atoms with Gasteiger partial charge in [0.2, 0.25) is 0 Å². The predicted octanol–water partition coefficient (Wildman–Crippen LogP) is 3.66. The Hall–Kier alpha value is -3.40. The summed E-state index contributed by atoms with van der Waals surface area (Å²) in [7, 11) is 0. The number of amides is 1. The van der Waals surface area contributed by atoms with Crippen LogP contribution >= 0.6 is 11.6 Å². The fraction of sp³-hybridized carbons (Fsp3) is 0.111. The highest BCUT2D eigenvalue weighted by Crippen LogP contribution is 2.32. The van der Waals surface area contributed by atoms with Gasteiger partial charge in [-0.25, -0.2) is 14.6 Å².